The molecule has 1 aliphatic heterocycles. The van der Waals surface area contributed by atoms with Crippen molar-refractivity contribution in [2.75, 3.05) is 50.9 Å². The average Bonchev–Trinajstić information content (AvgIpc) is 2.68. The molecule has 2 aromatic carbocycles. The Morgan fingerprint density at radius 3 is 2.50 bits per heavy atom. The van der Waals surface area contributed by atoms with Gasteiger partial charge in [-0.1, -0.05) is 36.4 Å². The van der Waals surface area contributed by atoms with Gasteiger partial charge in [-0.3, -0.25) is 9.69 Å². The first-order valence-electron chi connectivity index (χ1n) is 9.08. The number of rotatable bonds is 7. The van der Waals surface area contributed by atoms with Gasteiger partial charge in [-0.2, -0.15) is 0 Å². The molecule has 0 unspecified atom stereocenters. The molecule has 0 spiro atoms. The second kappa shape index (κ2) is 9.36. The van der Waals surface area contributed by atoms with E-state index in [1.54, 1.807) is 0 Å². The zero-order chi connectivity index (χ0) is 18.2. The van der Waals surface area contributed by atoms with Crippen molar-refractivity contribution in [1.82, 2.24) is 4.90 Å². The monoisotopic (exact) mass is 354 g/mol. The van der Waals surface area contributed by atoms with E-state index in [1.807, 2.05) is 66.4 Å². The summed E-state index contributed by atoms with van der Waals surface area (Å²) in [7, 11) is 0. The van der Waals surface area contributed by atoms with Crippen molar-refractivity contribution >= 4 is 11.6 Å². The number of aryl methyl sites for hydroxylation is 1. The summed E-state index contributed by atoms with van der Waals surface area (Å²) < 4.78 is 11.2. The number of anilines is 1. The first kappa shape index (κ1) is 18.4. The van der Waals surface area contributed by atoms with Crippen LogP contribution in [-0.4, -0.2) is 56.8 Å². The summed E-state index contributed by atoms with van der Waals surface area (Å²) in [5.41, 5.74) is 2.03. The lowest BCUT2D eigenvalue weighted by molar-refractivity contribution is -0.120. The molecule has 1 heterocycles. The summed E-state index contributed by atoms with van der Waals surface area (Å²) in [6, 6.07) is 17.7. The Balaban J connectivity index is 1.67. The van der Waals surface area contributed by atoms with E-state index in [-0.39, 0.29) is 5.91 Å². The third-order valence-corrected chi connectivity index (χ3v) is 4.50. The zero-order valence-corrected chi connectivity index (χ0v) is 15.3. The normalized spacial score (nSPS) is 14.8. The lowest BCUT2D eigenvalue weighted by Crippen LogP contribution is -2.46. The number of carbonyl (C=O) groups excluding carboxylic acids is 1. The maximum Gasteiger partial charge on any atom is 0.241 e. The van der Waals surface area contributed by atoms with Crippen molar-refractivity contribution < 1.29 is 14.3 Å². The Labute approximate surface area is 155 Å². The Morgan fingerprint density at radius 1 is 1.08 bits per heavy atom. The van der Waals surface area contributed by atoms with E-state index in [2.05, 4.69) is 4.90 Å². The van der Waals surface area contributed by atoms with E-state index in [4.69, 9.17) is 9.47 Å². The van der Waals surface area contributed by atoms with Gasteiger partial charge in [0.05, 0.1) is 26.3 Å². The van der Waals surface area contributed by atoms with Crippen molar-refractivity contribution in [3.8, 4) is 5.75 Å². The maximum absolute atomic E-state index is 13.0. The van der Waals surface area contributed by atoms with Crippen LogP contribution in [0.2, 0.25) is 0 Å². The molecule has 26 heavy (non-hydrogen) atoms. The van der Waals surface area contributed by atoms with Crippen LogP contribution in [0.25, 0.3) is 0 Å². The van der Waals surface area contributed by atoms with Gasteiger partial charge in [0.2, 0.25) is 5.91 Å². The molecule has 138 valence electrons. The minimum atomic E-state index is 0.0952. The molecule has 1 aliphatic rings. The highest BCUT2D eigenvalue weighted by molar-refractivity contribution is 5.95. The largest absolute Gasteiger partial charge is 0.492 e. The number of hydrogen-bond acceptors (Lipinski definition) is 4. The lowest BCUT2D eigenvalue weighted by atomic mass is 10.1. The molecule has 1 fully saturated rings. The molecular formula is C21H26N2O3. The van der Waals surface area contributed by atoms with Crippen LogP contribution in [0.5, 0.6) is 5.75 Å². The van der Waals surface area contributed by atoms with Crippen LogP contribution < -0.4 is 9.64 Å². The van der Waals surface area contributed by atoms with Crippen LogP contribution >= 0.6 is 0 Å². The highest BCUT2D eigenvalue weighted by atomic mass is 16.5. The van der Waals surface area contributed by atoms with Gasteiger partial charge in [0, 0.05) is 18.8 Å². The fourth-order valence-corrected chi connectivity index (χ4v) is 3.05. The van der Waals surface area contributed by atoms with Crippen LogP contribution in [0.1, 0.15) is 5.56 Å². The van der Waals surface area contributed by atoms with Crippen LogP contribution in [0.3, 0.4) is 0 Å². The zero-order valence-electron chi connectivity index (χ0n) is 15.3. The SMILES string of the molecule is Cc1ccccc1N(CCOc1ccccc1)C(=O)CN1CCOCC1. The number of morpholine rings is 1. The number of amides is 1. The molecule has 0 radical (unpaired) electrons. The predicted octanol–water partition coefficient (Wildman–Crippen LogP) is 2.74. The number of benzene rings is 2. The smallest absolute Gasteiger partial charge is 0.241 e. The molecule has 0 N–H and O–H groups in total. The Morgan fingerprint density at radius 2 is 1.77 bits per heavy atom. The van der Waals surface area contributed by atoms with Crippen LogP contribution in [-0.2, 0) is 9.53 Å². The third-order valence-electron chi connectivity index (χ3n) is 4.50. The number of ether oxygens (including phenoxy) is 2. The number of para-hydroxylation sites is 2. The summed E-state index contributed by atoms with van der Waals surface area (Å²) >= 11 is 0. The van der Waals surface area contributed by atoms with E-state index in [1.165, 1.54) is 0 Å². The van der Waals surface area contributed by atoms with Crippen LogP contribution in [0.15, 0.2) is 54.6 Å². The topological polar surface area (TPSA) is 42.0 Å². The quantitative estimate of drug-likeness (QED) is 0.767. The van der Waals surface area contributed by atoms with Gasteiger partial charge < -0.3 is 14.4 Å². The first-order valence-corrected chi connectivity index (χ1v) is 9.08. The summed E-state index contributed by atoms with van der Waals surface area (Å²) in [4.78, 5) is 17.0. The van der Waals surface area contributed by atoms with Gasteiger partial charge in [-0.25, -0.2) is 0 Å². The van der Waals surface area contributed by atoms with E-state index >= 15 is 0 Å². The molecule has 0 bridgehead atoms. The Hall–Kier alpha value is -2.37. The van der Waals surface area contributed by atoms with Gasteiger partial charge in [0.15, 0.2) is 0 Å². The van der Waals surface area contributed by atoms with Crippen LogP contribution in [0.4, 0.5) is 5.69 Å². The molecule has 2 aromatic rings. The highest BCUT2D eigenvalue weighted by Gasteiger charge is 2.21. The van der Waals surface area contributed by atoms with E-state index in [0.29, 0.717) is 32.9 Å². The number of nitrogens with zero attached hydrogens (tertiary/aromatic N) is 2. The Bertz CT molecular complexity index is 699. The fraction of sp³-hybridized carbons (Fsp3) is 0.381. The third kappa shape index (κ3) is 5.07. The molecule has 5 nitrogen and oxygen atoms in total. The molecule has 0 aromatic heterocycles. The second-order valence-electron chi connectivity index (χ2n) is 6.38. The molecule has 1 saturated heterocycles. The minimum Gasteiger partial charge on any atom is -0.492 e. The summed E-state index contributed by atoms with van der Waals surface area (Å²) in [5.74, 6) is 0.913. The molecule has 3 rings (SSSR count). The van der Waals surface area contributed by atoms with Crippen molar-refractivity contribution in [3.63, 3.8) is 0 Å². The van der Waals surface area contributed by atoms with Crippen molar-refractivity contribution in [2.24, 2.45) is 0 Å². The summed E-state index contributed by atoms with van der Waals surface area (Å²) in [6.45, 7) is 6.38. The van der Waals surface area contributed by atoms with Crippen molar-refractivity contribution in [2.45, 2.75) is 6.92 Å². The van der Waals surface area contributed by atoms with Gasteiger partial charge >= 0.3 is 0 Å². The first-order chi connectivity index (χ1) is 12.7. The van der Waals surface area contributed by atoms with Gasteiger partial charge in [0.1, 0.15) is 12.4 Å². The molecule has 0 saturated carbocycles. The second-order valence-corrected chi connectivity index (χ2v) is 6.38. The van der Waals surface area contributed by atoms with Crippen LogP contribution in [0, 0.1) is 6.92 Å². The molecule has 0 atom stereocenters. The van der Waals surface area contributed by atoms with E-state index < -0.39 is 0 Å². The molecule has 5 heteroatoms. The molecule has 0 aliphatic carbocycles. The molecular weight excluding hydrogens is 328 g/mol. The summed E-state index contributed by atoms with van der Waals surface area (Å²) in [5, 5.41) is 0. The highest BCUT2D eigenvalue weighted by Crippen LogP contribution is 2.20. The Kier molecular flexibility index (Phi) is 6.63. The van der Waals surface area contributed by atoms with E-state index in [0.717, 1.165) is 30.1 Å². The van der Waals surface area contributed by atoms with E-state index in [9.17, 15) is 4.79 Å². The van der Waals surface area contributed by atoms with Gasteiger partial charge in [-0.05, 0) is 30.7 Å². The summed E-state index contributed by atoms with van der Waals surface area (Å²) in [6.07, 6.45) is 0. The number of carbonyl (C=O) groups is 1. The maximum atomic E-state index is 13.0. The predicted molar refractivity (Wildman–Crippen MR) is 103 cm³/mol. The fourth-order valence-electron chi connectivity index (χ4n) is 3.05. The average molecular weight is 354 g/mol. The lowest BCUT2D eigenvalue weighted by Gasteiger charge is -2.30. The van der Waals surface area contributed by atoms with Crippen molar-refractivity contribution in [1.29, 1.82) is 0 Å². The number of hydrogen-bond donors (Lipinski definition) is 0. The van der Waals surface area contributed by atoms with Crippen molar-refractivity contribution in [3.05, 3.63) is 60.2 Å². The van der Waals surface area contributed by atoms with Gasteiger partial charge in [0.25, 0.3) is 0 Å². The van der Waals surface area contributed by atoms with Gasteiger partial charge in [-0.15, -0.1) is 0 Å². The molecule has 1 amide bonds. The minimum absolute atomic E-state index is 0.0952. The standard InChI is InChI=1S/C21H26N2O3/c1-18-7-5-6-10-20(18)23(13-16-26-19-8-3-2-4-9-19)21(24)17-22-11-14-25-15-12-22/h2-10H,11-17H2,1H3.